The van der Waals surface area contributed by atoms with Crippen LogP contribution in [0.25, 0.3) is 0 Å². The number of carbonyl (C=O) groups is 3. The third-order valence-electron chi connectivity index (χ3n) is 3.45. The number of phenols is 1. The van der Waals surface area contributed by atoms with Crippen molar-refractivity contribution in [3.8, 4) is 5.75 Å². The Morgan fingerprint density at radius 3 is 2.19 bits per heavy atom. The van der Waals surface area contributed by atoms with E-state index in [1.807, 2.05) is 12.1 Å². The number of hydrazine groups is 1. The van der Waals surface area contributed by atoms with Gasteiger partial charge >= 0.3 is 0 Å². The molecule has 0 unspecified atom stereocenters. The average molecular weight is 499 g/mol. The van der Waals surface area contributed by atoms with Crippen LogP contribution in [0.4, 0.5) is 5.69 Å². The van der Waals surface area contributed by atoms with Crippen LogP contribution < -0.4 is 16.2 Å². The van der Waals surface area contributed by atoms with Crippen LogP contribution in [0.15, 0.2) is 51.4 Å². The molecule has 3 amide bonds. The molecule has 7 nitrogen and oxygen atoms in total. The molecule has 0 aliphatic carbocycles. The van der Waals surface area contributed by atoms with E-state index in [0.717, 1.165) is 4.47 Å². The van der Waals surface area contributed by atoms with Gasteiger partial charge in [0.25, 0.3) is 5.91 Å². The highest BCUT2D eigenvalue weighted by atomic mass is 79.9. The molecule has 0 aliphatic heterocycles. The van der Waals surface area contributed by atoms with Gasteiger partial charge in [-0.15, -0.1) is 0 Å². The summed E-state index contributed by atoms with van der Waals surface area (Å²) in [5, 5.41) is 12.4. The molecule has 0 spiro atoms. The van der Waals surface area contributed by atoms with Crippen LogP contribution in [-0.2, 0) is 9.59 Å². The Morgan fingerprint density at radius 1 is 0.852 bits per heavy atom. The molecule has 9 heteroatoms. The summed E-state index contributed by atoms with van der Waals surface area (Å²) in [4.78, 5) is 35.6. The molecule has 0 radical (unpaired) electrons. The van der Waals surface area contributed by atoms with Gasteiger partial charge in [-0.05, 0) is 48.9 Å². The number of carbonyl (C=O) groups excluding carboxylic acids is 3. The van der Waals surface area contributed by atoms with E-state index in [0.29, 0.717) is 16.6 Å². The van der Waals surface area contributed by atoms with Crippen LogP contribution in [0.3, 0.4) is 0 Å². The van der Waals surface area contributed by atoms with E-state index in [-0.39, 0.29) is 30.1 Å². The number of anilines is 1. The van der Waals surface area contributed by atoms with Gasteiger partial charge in [-0.1, -0.05) is 31.9 Å². The second-order valence-electron chi connectivity index (χ2n) is 5.57. The lowest BCUT2D eigenvalue weighted by Gasteiger charge is -2.09. The molecule has 0 bridgehead atoms. The van der Waals surface area contributed by atoms with Gasteiger partial charge in [0, 0.05) is 27.5 Å². The molecule has 0 heterocycles. The Hall–Kier alpha value is -2.39. The molecular formula is C18H17Br2N3O4. The normalized spacial score (nSPS) is 10.1. The lowest BCUT2D eigenvalue weighted by Crippen LogP contribution is -2.41. The van der Waals surface area contributed by atoms with Gasteiger partial charge in [0.2, 0.25) is 11.8 Å². The quantitative estimate of drug-likeness (QED) is 0.457. The summed E-state index contributed by atoms with van der Waals surface area (Å²) in [6.45, 7) is 0. The van der Waals surface area contributed by atoms with E-state index >= 15 is 0 Å². The Kier molecular flexibility index (Phi) is 7.81. The number of hydrogen-bond donors (Lipinski definition) is 4. The summed E-state index contributed by atoms with van der Waals surface area (Å²) in [6.07, 6.45) is 0.564. The number of hydrogen-bond acceptors (Lipinski definition) is 4. The zero-order valence-electron chi connectivity index (χ0n) is 14.1. The minimum Gasteiger partial charge on any atom is -0.507 e. The van der Waals surface area contributed by atoms with Crippen molar-refractivity contribution in [3.63, 3.8) is 0 Å². The van der Waals surface area contributed by atoms with Gasteiger partial charge in [-0.2, -0.15) is 0 Å². The van der Waals surface area contributed by atoms with Crippen LogP contribution in [0, 0.1) is 0 Å². The SMILES string of the molecule is O=C(CCCC(=O)Nc1ccc(Br)cc1)NNC(=O)c1cc(Br)ccc1O. The molecule has 2 aromatic rings. The maximum Gasteiger partial charge on any atom is 0.273 e. The zero-order valence-corrected chi connectivity index (χ0v) is 17.3. The third kappa shape index (κ3) is 7.03. The minimum absolute atomic E-state index is 0.0264. The van der Waals surface area contributed by atoms with Gasteiger partial charge in [-0.25, -0.2) is 0 Å². The van der Waals surface area contributed by atoms with E-state index in [1.54, 1.807) is 18.2 Å². The summed E-state index contributed by atoms with van der Waals surface area (Å²) < 4.78 is 1.53. The molecule has 4 N–H and O–H groups in total. The van der Waals surface area contributed by atoms with Crippen LogP contribution >= 0.6 is 31.9 Å². The number of halogens is 2. The number of amides is 3. The Labute approximate surface area is 172 Å². The van der Waals surface area contributed by atoms with E-state index in [2.05, 4.69) is 48.0 Å². The van der Waals surface area contributed by atoms with Gasteiger partial charge < -0.3 is 10.4 Å². The predicted molar refractivity (Wildman–Crippen MR) is 108 cm³/mol. The van der Waals surface area contributed by atoms with Crippen molar-refractivity contribution in [3.05, 3.63) is 57.0 Å². The van der Waals surface area contributed by atoms with Crippen molar-refractivity contribution in [1.29, 1.82) is 0 Å². The first kappa shape index (κ1) is 20.9. The first-order chi connectivity index (χ1) is 12.8. The fourth-order valence-electron chi connectivity index (χ4n) is 2.11. The fourth-order valence-corrected chi connectivity index (χ4v) is 2.74. The predicted octanol–water partition coefficient (Wildman–Crippen LogP) is 3.49. The molecule has 0 atom stereocenters. The topological polar surface area (TPSA) is 108 Å². The lowest BCUT2D eigenvalue weighted by molar-refractivity contribution is -0.122. The first-order valence-corrected chi connectivity index (χ1v) is 9.57. The molecule has 2 rings (SSSR count). The zero-order chi connectivity index (χ0) is 19.8. The Morgan fingerprint density at radius 2 is 1.48 bits per heavy atom. The fraction of sp³-hybridized carbons (Fsp3) is 0.167. The lowest BCUT2D eigenvalue weighted by atomic mass is 10.2. The van der Waals surface area contributed by atoms with E-state index in [9.17, 15) is 19.5 Å². The van der Waals surface area contributed by atoms with Gasteiger partial charge in [0.05, 0.1) is 5.56 Å². The minimum atomic E-state index is -0.643. The number of benzene rings is 2. The summed E-state index contributed by atoms with van der Waals surface area (Å²) in [5.41, 5.74) is 5.18. The number of rotatable bonds is 6. The van der Waals surface area contributed by atoms with Crippen molar-refractivity contribution in [1.82, 2.24) is 10.9 Å². The molecule has 142 valence electrons. The number of nitrogens with one attached hydrogen (secondary N) is 3. The first-order valence-electron chi connectivity index (χ1n) is 7.98. The van der Waals surface area contributed by atoms with Crippen LogP contribution in [0.5, 0.6) is 5.75 Å². The number of phenolic OH excluding ortho intramolecular Hbond substituents is 1. The molecule has 0 aliphatic rings. The van der Waals surface area contributed by atoms with Gasteiger partial charge in [-0.3, -0.25) is 25.2 Å². The standard InChI is InChI=1S/C18H17Br2N3O4/c19-11-4-7-13(8-5-11)21-16(25)2-1-3-17(26)22-23-18(27)14-10-12(20)6-9-15(14)24/h4-10,24H,1-3H2,(H,21,25)(H,22,26)(H,23,27). The summed E-state index contributed by atoms with van der Waals surface area (Å²) >= 11 is 6.51. The van der Waals surface area contributed by atoms with Crippen LogP contribution in [0.1, 0.15) is 29.6 Å². The molecule has 0 saturated carbocycles. The molecular weight excluding hydrogens is 482 g/mol. The largest absolute Gasteiger partial charge is 0.507 e. The van der Waals surface area contributed by atoms with Crippen molar-refractivity contribution in [2.45, 2.75) is 19.3 Å². The summed E-state index contributed by atoms with van der Waals surface area (Å²) in [5.74, 6) is -1.48. The highest BCUT2D eigenvalue weighted by molar-refractivity contribution is 9.10. The van der Waals surface area contributed by atoms with Crippen molar-refractivity contribution < 1.29 is 19.5 Å². The number of aromatic hydroxyl groups is 1. The highest BCUT2D eigenvalue weighted by Crippen LogP contribution is 2.21. The van der Waals surface area contributed by atoms with E-state index in [4.69, 9.17) is 0 Å². The Balaban J connectivity index is 1.70. The molecule has 0 aromatic heterocycles. The summed E-state index contributed by atoms with van der Waals surface area (Å²) in [6, 6.07) is 11.5. The van der Waals surface area contributed by atoms with Crippen LogP contribution in [0.2, 0.25) is 0 Å². The van der Waals surface area contributed by atoms with Crippen molar-refractivity contribution in [2.75, 3.05) is 5.32 Å². The monoisotopic (exact) mass is 497 g/mol. The summed E-state index contributed by atoms with van der Waals surface area (Å²) in [7, 11) is 0. The van der Waals surface area contributed by atoms with E-state index < -0.39 is 11.8 Å². The molecule has 27 heavy (non-hydrogen) atoms. The maximum atomic E-state index is 12.0. The van der Waals surface area contributed by atoms with Crippen molar-refractivity contribution >= 4 is 55.3 Å². The van der Waals surface area contributed by atoms with E-state index in [1.165, 1.54) is 12.1 Å². The second-order valence-corrected chi connectivity index (χ2v) is 7.40. The highest BCUT2D eigenvalue weighted by Gasteiger charge is 2.13. The molecule has 2 aromatic carbocycles. The maximum absolute atomic E-state index is 12.0. The smallest absolute Gasteiger partial charge is 0.273 e. The van der Waals surface area contributed by atoms with Crippen molar-refractivity contribution in [2.24, 2.45) is 0 Å². The third-order valence-corrected chi connectivity index (χ3v) is 4.48. The van der Waals surface area contributed by atoms with Crippen LogP contribution in [-0.4, -0.2) is 22.8 Å². The van der Waals surface area contributed by atoms with Gasteiger partial charge in [0.15, 0.2) is 0 Å². The average Bonchev–Trinajstić information content (AvgIpc) is 2.63. The molecule has 0 saturated heterocycles. The molecule has 0 fully saturated rings. The second kappa shape index (κ2) is 10.1. The Bertz CT molecular complexity index is 841. The van der Waals surface area contributed by atoms with Gasteiger partial charge in [0.1, 0.15) is 5.75 Å².